The Balaban J connectivity index is 2.42. The van der Waals surface area contributed by atoms with Crippen LogP contribution in [0.1, 0.15) is 38.4 Å². The van der Waals surface area contributed by atoms with Crippen molar-refractivity contribution < 1.29 is 10.2 Å². The van der Waals surface area contributed by atoms with Crippen LogP contribution in [0.4, 0.5) is 0 Å². The zero-order chi connectivity index (χ0) is 13.2. The van der Waals surface area contributed by atoms with E-state index in [2.05, 4.69) is 4.98 Å². The van der Waals surface area contributed by atoms with E-state index in [4.69, 9.17) is 0 Å². The lowest BCUT2D eigenvalue weighted by Gasteiger charge is -2.31. The second-order valence-corrected chi connectivity index (χ2v) is 4.67. The van der Waals surface area contributed by atoms with Crippen LogP contribution >= 0.6 is 0 Å². The molecule has 0 aliphatic rings. The summed E-state index contributed by atoms with van der Waals surface area (Å²) < 4.78 is 0. The molecule has 1 aromatic heterocycles. The van der Waals surface area contributed by atoms with Crippen molar-refractivity contribution in [2.45, 2.75) is 38.4 Å². The molecule has 0 saturated heterocycles. The highest BCUT2D eigenvalue weighted by atomic mass is 16.3. The molecule has 2 N–H and O–H groups in total. The van der Waals surface area contributed by atoms with E-state index in [0.717, 1.165) is 16.5 Å². The number of rotatable bonds is 4. The lowest BCUT2D eigenvalue weighted by molar-refractivity contribution is -0.0820. The van der Waals surface area contributed by atoms with Gasteiger partial charge in [0.15, 0.2) is 0 Å². The van der Waals surface area contributed by atoms with Gasteiger partial charge in [-0.05, 0) is 36.6 Å². The molecule has 0 bridgehead atoms. The van der Waals surface area contributed by atoms with E-state index in [1.54, 1.807) is 6.20 Å². The maximum atomic E-state index is 10.4. The molecule has 0 aliphatic heterocycles. The monoisotopic (exact) mass is 245 g/mol. The second-order valence-electron chi connectivity index (χ2n) is 4.67. The van der Waals surface area contributed by atoms with Crippen molar-refractivity contribution in [3.05, 3.63) is 42.1 Å². The molecular weight excluding hydrogens is 226 g/mol. The third kappa shape index (κ3) is 2.24. The summed E-state index contributed by atoms with van der Waals surface area (Å²) in [6.07, 6.45) is 1.93. The van der Waals surface area contributed by atoms with Gasteiger partial charge >= 0.3 is 0 Å². The van der Waals surface area contributed by atoms with Crippen molar-refractivity contribution in [2.24, 2.45) is 0 Å². The van der Waals surface area contributed by atoms with Crippen LogP contribution < -0.4 is 0 Å². The van der Waals surface area contributed by atoms with Gasteiger partial charge in [-0.15, -0.1) is 0 Å². The maximum absolute atomic E-state index is 10.4. The highest BCUT2D eigenvalue weighted by Crippen LogP contribution is 2.32. The largest absolute Gasteiger partial charge is 0.387 e. The van der Waals surface area contributed by atoms with Crippen molar-refractivity contribution >= 4 is 10.9 Å². The molecule has 3 heteroatoms. The molecule has 1 unspecified atom stereocenters. The summed E-state index contributed by atoms with van der Waals surface area (Å²) in [6.45, 7) is 3.77. The van der Waals surface area contributed by atoms with Crippen LogP contribution in [0.3, 0.4) is 0 Å². The van der Waals surface area contributed by atoms with Crippen molar-refractivity contribution in [1.82, 2.24) is 4.98 Å². The Bertz CT molecular complexity index is 535. The number of benzene rings is 1. The Labute approximate surface area is 107 Å². The minimum absolute atomic E-state index is 0.524. The van der Waals surface area contributed by atoms with E-state index >= 15 is 0 Å². The smallest absolute Gasteiger partial charge is 0.108 e. The Morgan fingerprint density at radius 2 is 1.94 bits per heavy atom. The standard InChI is InChI=1S/C15H19NO2/c1-3-15(18,4-2)14(17)12-7-8-13-11(10-12)6-5-9-16-13/h5-10,14,17-18H,3-4H2,1-2H3. The number of fused-ring (bicyclic) bond motifs is 1. The van der Waals surface area contributed by atoms with Gasteiger partial charge in [-0.1, -0.05) is 26.0 Å². The summed E-state index contributed by atoms with van der Waals surface area (Å²) in [5.41, 5.74) is 0.572. The number of nitrogens with zero attached hydrogens (tertiary/aromatic N) is 1. The van der Waals surface area contributed by atoms with E-state index in [1.807, 2.05) is 44.2 Å². The molecule has 1 heterocycles. The second kappa shape index (κ2) is 5.04. The minimum atomic E-state index is -1.06. The SMILES string of the molecule is CCC(O)(CC)C(O)c1ccc2ncccc2c1. The van der Waals surface area contributed by atoms with Gasteiger partial charge in [0.25, 0.3) is 0 Å². The van der Waals surface area contributed by atoms with E-state index in [0.29, 0.717) is 12.8 Å². The third-order valence-corrected chi connectivity index (χ3v) is 3.68. The normalized spacial score (nSPS) is 13.8. The first kappa shape index (κ1) is 13.0. The van der Waals surface area contributed by atoms with Crippen LogP contribution in [-0.2, 0) is 0 Å². The molecule has 3 nitrogen and oxygen atoms in total. The average molecular weight is 245 g/mol. The van der Waals surface area contributed by atoms with Crippen LogP contribution in [0, 0.1) is 0 Å². The van der Waals surface area contributed by atoms with Crippen LogP contribution in [0.5, 0.6) is 0 Å². The molecule has 18 heavy (non-hydrogen) atoms. The molecule has 0 fully saturated rings. The van der Waals surface area contributed by atoms with E-state index in [9.17, 15) is 10.2 Å². The van der Waals surface area contributed by atoms with Gasteiger partial charge in [0.2, 0.25) is 0 Å². The fourth-order valence-corrected chi connectivity index (χ4v) is 2.21. The van der Waals surface area contributed by atoms with Gasteiger partial charge in [-0.25, -0.2) is 0 Å². The third-order valence-electron chi connectivity index (χ3n) is 3.68. The minimum Gasteiger partial charge on any atom is -0.387 e. The fraction of sp³-hybridized carbons (Fsp3) is 0.400. The van der Waals surface area contributed by atoms with E-state index < -0.39 is 11.7 Å². The number of aliphatic hydroxyl groups is 2. The van der Waals surface area contributed by atoms with E-state index in [-0.39, 0.29) is 0 Å². The quantitative estimate of drug-likeness (QED) is 0.871. The van der Waals surface area contributed by atoms with Crippen molar-refractivity contribution in [2.75, 3.05) is 0 Å². The maximum Gasteiger partial charge on any atom is 0.108 e. The van der Waals surface area contributed by atoms with Gasteiger partial charge < -0.3 is 10.2 Å². The predicted octanol–water partition coefficient (Wildman–Crippen LogP) is 2.82. The molecule has 1 aromatic carbocycles. The molecule has 96 valence electrons. The molecule has 0 saturated carbocycles. The summed E-state index contributed by atoms with van der Waals surface area (Å²) in [6, 6.07) is 9.42. The Morgan fingerprint density at radius 3 is 2.61 bits per heavy atom. The highest BCUT2D eigenvalue weighted by Gasteiger charge is 2.32. The van der Waals surface area contributed by atoms with Gasteiger partial charge in [0.05, 0.1) is 11.1 Å². The molecule has 0 amide bonds. The van der Waals surface area contributed by atoms with Crippen molar-refractivity contribution in [3.63, 3.8) is 0 Å². The first-order chi connectivity index (χ1) is 8.60. The predicted molar refractivity (Wildman–Crippen MR) is 72.2 cm³/mol. The van der Waals surface area contributed by atoms with Crippen LogP contribution in [-0.4, -0.2) is 20.8 Å². The highest BCUT2D eigenvalue weighted by molar-refractivity contribution is 5.79. The fourth-order valence-electron chi connectivity index (χ4n) is 2.21. The molecule has 0 aliphatic carbocycles. The number of aromatic nitrogens is 1. The van der Waals surface area contributed by atoms with Gasteiger partial charge in [-0.3, -0.25) is 4.98 Å². The number of hydrogen-bond donors (Lipinski definition) is 2. The first-order valence-electron chi connectivity index (χ1n) is 6.36. The lowest BCUT2D eigenvalue weighted by atomic mass is 9.86. The Hall–Kier alpha value is -1.45. The molecule has 2 rings (SSSR count). The molecule has 1 atom stereocenters. The van der Waals surface area contributed by atoms with Crippen LogP contribution in [0.25, 0.3) is 10.9 Å². The molecular formula is C15H19NO2. The van der Waals surface area contributed by atoms with Crippen molar-refractivity contribution in [3.8, 4) is 0 Å². The number of hydrogen-bond acceptors (Lipinski definition) is 3. The summed E-state index contributed by atoms with van der Waals surface area (Å²) in [7, 11) is 0. The summed E-state index contributed by atoms with van der Waals surface area (Å²) in [5.74, 6) is 0. The van der Waals surface area contributed by atoms with Crippen LogP contribution in [0.15, 0.2) is 36.5 Å². The molecule has 0 radical (unpaired) electrons. The van der Waals surface area contributed by atoms with Crippen LogP contribution in [0.2, 0.25) is 0 Å². The Kier molecular flexibility index (Phi) is 3.64. The first-order valence-corrected chi connectivity index (χ1v) is 6.36. The van der Waals surface area contributed by atoms with Gasteiger partial charge in [-0.2, -0.15) is 0 Å². The van der Waals surface area contributed by atoms with Crippen molar-refractivity contribution in [1.29, 1.82) is 0 Å². The zero-order valence-corrected chi connectivity index (χ0v) is 10.8. The average Bonchev–Trinajstić information content (AvgIpc) is 2.45. The zero-order valence-electron chi connectivity index (χ0n) is 10.8. The molecule has 0 spiro atoms. The van der Waals surface area contributed by atoms with E-state index in [1.165, 1.54) is 0 Å². The number of aliphatic hydroxyl groups excluding tert-OH is 1. The summed E-state index contributed by atoms with van der Waals surface area (Å²) in [4.78, 5) is 4.24. The summed E-state index contributed by atoms with van der Waals surface area (Å²) in [5, 5.41) is 21.7. The van der Waals surface area contributed by atoms with Gasteiger partial charge in [0, 0.05) is 11.6 Å². The molecule has 2 aromatic rings. The summed E-state index contributed by atoms with van der Waals surface area (Å²) >= 11 is 0. The lowest BCUT2D eigenvalue weighted by Crippen LogP contribution is -2.34. The Morgan fingerprint density at radius 1 is 1.22 bits per heavy atom. The van der Waals surface area contributed by atoms with Gasteiger partial charge in [0.1, 0.15) is 6.10 Å². The number of pyridine rings is 1. The topological polar surface area (TPSA) is 53.4 Å².